The van der Waals surface area contributed by atoms with E-state index in [1.807, 2.05) is 6.92 Å². The molecule has 0 fully saturated rings. The Morgan fingerprint density at radius 1 is 1.21 bits per heavy atom. The molecule has 2 aromatic rings. The van der Waals surface area contributed by atoms with Crippen molar-refractivity contribution in [3.8, 4) is 5.75 Å². The number of hydrogen-bond donors (Lipinski definition) is 0. The molecule has 0 amide bonds. The first-order valence-corrected chi connectivity index (χ1v) is 6.64. The van der Waals surface area contributed by atoms with E-state index >= 15 is 0 Å². The molecule has 0 atom stereocenters. The zero-order valence-corrected chi connectivity index (χ0v) is 12.1. The third-order valence-electron chi connectivity index (χ3n) is 2.93. The Morgan fingerprint density at radius 3 is 2.63 bits per heavy atom. The van der Waals surface area contributed by atoms with E-state index in [0.29, 0.717) is 17.7 Å². The van der Waals surface area contributed by atoms with Gasteiger partial charge in [-0.05, 0) is 30.0 Å². The normalized spacial score (nSPS) is 10.8. The summed E-state index contributed by atoms with van der Waals surface area (Å²) in [6.07, 6.45) is 3.15. The number of nitrogens with zero attached hydrogens (tertiary/aromatic N) is 2. The standard InChI is InChI=1S/C15H17ClN2O/c1-10(2)12-5-4-11(3)14(6-12)19-9-13-7-18-15(16)8-17-13/h4-8,10H,9H2,1-3H3. The average molecular weight is 277 g/mol. The number of ether oxygens (including phenoxy) is 1. The molecule has 0 radical (unpaired) electrons. The van der Waals surface area contributed by atoms with E-state index in [0.717, 1.165) is 17.0 Å². The Morgan fingerprint density at radius 2 is 2.00 bits per heavy atom. The van der Waals surface area contributed by atoms with Crippen molar-refractivity contribution in [3.63, 3.8) is 0 Å². The maximum absolute atomic E-state index is 5.81. The number of aryl methyl sites for hydroxylation is 1. The Hall–Kier alpha value is -1.61. The van der Waals surface area contributed by atoms with Crippen molar-refractivity contribution in [2.75, 3.05) is 0 Å². The summed E-state index contributed by atoms with van der Waals surface area (Å²) >= 11 is 5.70. The fourth-order valence-electron chi connectivity index (χ4n) is 1.70. The van der Waals surface area contributed by atoms with E-state index in [9.17, 15) is 0 Å². The van der Waals surface area contributed by atoms with Crippen molar-refractivity contribution in [2.24, 2.45) is 0 Å². The number of hydrogen-bond acceptors (Lipinski definition) is 3. The minimum absolute atomic E-state index is 0.390. The van der Waals surface area contributed by atoms with Crippen LogP contribution in [-0.4, -0.2) is 9.97 Å². The lowest BCUT2D eigenvalue weighted by atomic mass is 10.0. The first-order valence-electron chi connectivity index (χ1n) is 6.26. The number of halogens is 1. The van der Waals surface area contributed by atoms with Crippen LogP contribution < -0.4 is 4.74 Å². The van der Waals surface area contributed by atoms with Crippen LogP contribution in [-0.2, 0) is 6.61 Å². The van der Waals surface area contributed by atoms with Gasteiger partial charge >= 0.3 is 0 Å². The van der Waals surface area contributed by atoms with Crippen molar-refractivity contribution in [1.82, 2.24) is 9.97 Å². The van der Waals surface area contributed by atoms with Gasteiger partial charge in [-0.2, -0.15) is 0 Å². The molecule has 0 unspecified atom stereocenters. The fraction of sp³-hybridized carbons (Fsp3) is 0.333. The molecule has 3 nitrogen and oxygen atoms in total. The molecule has 1 heterocycles. The van der Waals surface area contributed by atoms with E-state index < -0.39 is 0 Å². The molecule has 2 rings (SSSR count). The van der Waals surface area contributed by atoms with E-state index in [1.54, 1.807) is 6.20 Å². The Kier molecular flexibility index (Phi) is 4.38. The summed E-state index contributed by atoms with van der Waals surface area (Å²) in [5.74, 6) is 1.38. The van der Waals surface area contributed by atoms with Crippen LogP contribution in [0.2, 0.25) is 5.15 Å². The van der Waals surface area contributed by atoms with Gasteiger partial charge in [0.05, 0.1) is 18.1 Å². The van der Waals surface area contributed by atoms with Crippen molar-refractivity contribution in [2.45, 2.75) is 33.3 Å². The molecule has 0 N–H and O–H groups in total. The molecule has 0 aliphatic rings. The summed E-state index contributed by atoms with van der Waals surface area (Å²) in [5, 5.41) is 0.390. The second-order valence-electron chi connectivity index (χ2n) is 4.80. The van der Waals surface area contributed by atoms with Crippen LogP contribution >= 0.6 is 11.6 Å². The highest BCUT2D eigenvalue weighted by molar-refractivity contribution is 6.29. The van der Waals surface area contributed by atoms with Crippen molar-refractivity contribution in [1.29, 1.82) is 0 Å². The van der Waals surface area contributed by atoms with Crippen LogP contribution in [0, 0.1) is 6.92 Å². The molecule has 0 bridgehead atoms. The third-order valence-corrected chi connectivity index (χ3v) is 3.12. The minimum atomic E-state index is 0.390. The Labute approximate surface area is 118 Å². The van der Waals surface area contributed by atoms with Crippen LogP contribution in [0.1, 0.15) is 36.6 Å². The smallest absolute Gasteiger partial charge is 0.147 e. The van der Waals surface area contributed by atoms with Gasteiger partial charge in [-0.1, -0.05) is 37.6 Å². The quantitative estimate of drug-likeness (QED) is 0.842. The number of benzene rings is 1. The van der Waals surface area contributed by atoms with E-state index in [2.05, 4.69) is 42.0 Å². The summed E-state index contributed by atoms with van der Waals surface area (Å²) in [7, 11) is 0. The Bertz CT molecular complexity index is 553. The predicted octanol–water partition coefficient (Wildman–Crippen LogP) is 4.14. The molecule has 0 saturated carbocycles. The average Bonchev–Trinajstić information content (AvgIpc) is 2.39. The largest absolute Gasteiger partial charge is 0.487 e. The van der Waals surface area contributed by atoms with Gasteiger partial charge in [0.25, 0.3) is 0 Å². The zero-order chi connectivity index (χ0) is 13.8. The molecule has 1 aromatic carbocycles. The first kappa shape index (κ1) is 13.8. The predicted molar refractivity (Wildman–Crippen MR) is 76.6 cm³/mol. The first-order chi connectivity index (χ1) is 9.06. The molecule has 1 aromatic heterocycles. The zero-order valence-electron chi connectivity index (χ0n) is 11.4. The van der Waals surface area contributed by atoms with Crippen LogP contribution in [0.25, 0.3) is 0 Å². The van der Waals surface area contributed by atoms with Crippen molar-refractivity contribution >= 4 is 11.6 Å². The molecule has 0 spiro atoms. The summed E-state index contributed by atoms with van der Waals surface area (Å²) < 4.78 is 5.81. The van der Waals surface area contributed by atoms with E-state index in [1.165, 1.54) is 11.8 Å². The molecule has 0 aliphatic carbocycles. The summed E-state index contributed by atoms with van der Waals surface area (Å²) in [4.78, 5) is 8.14. The Balaban J connectivity index is 2.10. The molecule has 0 aliphatic heterocycles. The summed E-state index contributed by atoms with van der Waals surface area (Å²) in [5.41, 5.74) is 3.15. The van der Waals surface area contributed by atoms with Gasteiger partial charge in [0, 0.05) is 0 Å². The third kappa shape index (κ3) is 3.67. The van der Waals surface area contributed by atoms with Crippen molar-refractivity contribution < 1.29 is 4.74 Å². The number of aromatic nitrogens is 2. The van der Waals surface area contributed by atoms with Crippen LogP contribution in [0.4, 0.5) is 0 Å². The highest BCUT2D eigenvalue weighted by Crippen LogP contribution is 2.24. The van der Waals surface area contributed by atoms with Crippen LogP contribution in [0.3, 0.4) is 0 Å². The summed E-state index contributed by atoms with van der Waals surface area (Å²) in [6, 6.07) is 6.30. The number of rotatable bonds is 4. The van der Waals surface area contributed by atoms with Gasteiger partial charge in [-0.3, -0.25) is 4.98 Å². The second-order valence-corrected chi connectivity index (χ2v) is 5.19. The molecule has 100 valence electrons. The van der Waals surface area contributed by atoms with Crippen LogP contribution in [0.15, 0.2) is 30.6 Å². The maximum Gasteiger partial charge on any atom is 0.147 e. The molecule has 0 saturated heterocycles. The lowest BCUT2D eigenvalue weighted by Crippen LogP contribution is -2.01. The van der Waals surface area contributed by atoms with Crippen LogP contribution in [0.5, 0.6) is 5.75 Å². The van der Waals surface area contributed by atoms with Gasteiger partial charge < -0.3 is 4.74 Å². The lowest BCUT2D eigenvalue weighted by Gasteiger charge is -2.12. The summed E-state index contributed by atoms with van der Waals surface area (Å²) in [6.45, 7) is 6.76. The maximum atomic E-state index is 5.81. The minimum Gasteiger partial charge on any atom is -0.487 e. The van der Waals surface area contributed by atoms with Crippen molar-refractivity contribution in [3.05, 3.63) is 52.6 Å². The van der Waals surface area contributed by atoms with Gasteiger partial charge in [-0.15, -0.1) is 0 Å². The lowest BCUT2D eigenvalue weighted by molar-refractivity contribution is 0.298. The van der Waals surface area contributed by atoms with Gasteiger partial charge in [0.2, 0.25) is 0 Å². The van der Waals surface area contributed by atoms with E-state index in [-0.39, 0.29) is 0 Å². The molecule has 19 heavy (non-hydrogen) atoms. The molecule has 4 heteroatoms. The highest BCUT2D eigenvalue weighted by atomic mass is 35.5. The molecular weight excluding hydrogens is 260 g/mol. The van der Waals surface area contributed by atoms with Gasteiger partial charge in [0.1, 0.15) is 17.5 Å². The second kappa shape index (κ2) is 6.02. The topological polar surface area (TPSA) is 35.0 Å². The molecular formula is C15H17ClN2O. The van der Waals surface area contributed by atoms with Gasteiger partial charge in [-0.25, -0.2) is 4.98 Å². The highest BCUT2D eigenvalue weighted by Gasteiger charge is 2.05. The SMILES string of the molecule is Cc1ccc(C(C)C)cc1OCc1cnc(Cl)cn1. The van der Waals surface area contributed by atoms with Gasteiger partial charge in [0.15, 0.2) is 0 Å². The van der Waals surface area contributed by atoms with E-state index in [4.69, 9.17) is 16.3 Å². The monoisotopic (exact) mass is 276 g/mol. The fourth-order valence-corrected chi connectivity index (χ4v) is 1.79.